The molecule has 1 fully saturated rings. The Morgan fingerprint density at radius 3 is 2.47 bits per heavy atom. The number of hydrogen-bond donors (Lipinski definition) is 2. The average molecular weight is 260 g/mol. The van der Waals surface area contributed by atoms with Gasteiger partial charge >= 0.3 is 0 Å². The summed E-state index contributed by atoms with van der Waals surface area (Å²) in [5.41, 5.74) is 1.22. The number of rotatable bonds is 5. The minimum atomic E-state index is -0.0527. The zero-order valence-corrected chi connectivity index (χ0v) is 12.1. The van der Waals surface area contributed by atoms with Gasteiger partial charge in [0.25, 0.3) is 0 Å². The lowest BCUT2D eigenvalue weighted by atomic mass is 9.76. The normalized spacial score (nSPS) is 17.6. The van der Waals surface area contributed by atoms with E-state index in [2.05, 4.69) is 55.7 Å². The summed E-state index contributed by atoms with van der Waals surface area (Å²) in [6.45, 7) is 8.17. The minimum Gasteiger partial charge on any atom is -0.352 e. The first kappa shape index (κ1) is 14.1. The molecule has 2 N–H and O–H groups in total. The van der Waals surface area contributed by atoms with Gasteiger partial charge in [0.2, 0.25) is 5.91 Å². The van der Waals surface area contributed by atoms with Crippen LogP contribution in [0, 0.1) is 5.92 Å². The van der Waals surface area contributed by atoms with Crippen molar-refractivity contribution >= 4 is 5.91 Å². The van der Waals surface area contributed by atoms with Crippen LogP contribution in [0.15, 0.2) is 30.3 Å². The summed E-state index contributed by atoms with van der Waals surface area (Å²) in [6, 6.07) is 10.6. The van der Waals surface area contributed by atoms with Gasteiger partial charge in [-0.15, -0.1) is 0 Å². The molecule has 1 amide bonds. The van der Waals surface area contributed by atoms with Crippen molar-refractivity contribution in [1.29, 1.82) is 0 Å². The van der Waals surface area contributed by atoms with E-state index >= 15 is 0 Å². The van der Waals surface area contributed by atoms with Crippen LogP contribution in [-0.4, -0.2) is 25.0 Å². The summed E-state index contributed by atoms with van der Waals surface area (Å²) in [7, 11) is 0. The van der Waals surface area contributed by atoms with Crippen molar-refractivity contribution in [2.75, 3.05) is 13.1 Å². The number of benzene rings is 1. The highest BCUT2D eigenvalue weighted by Gasteiger charge is 2.34. The third-order valence-electron chi connectivity index (χ3n) is 4.27. The van der Waals surface area contributed by atoms with Crippen molar-refractivity contribution in [2.45, 2.75) is 38.6 Å². The molecule has 1 heterocycles. The summed E-state index contributed by atoms with van der Waals surface area (Å²) in [6.07, 6.45) is 0.938. The molecule has 0 spiro atoms. The molecule has 0 aliphatic carbocycles. The lowest BCUT2D eigenvalue weighted by Gasteiger charge is -2.37. The average Bonchev–Trinajstić information content (AvgIpc) is 2.34. The molecule has 3 nitrogen and oxygen atoms in total. The Hall–Kier alpha value is -1.35. The molecule has 0 radical (unpaired) electrons. The first-order valence-electron chi connectivity index (χ1n) is 7.12. The van der Waals surface area contributed by atoms with E-state index in [1.165, 1.54) is 5.56 Å². The summed E-state index contributed by atoms with van der Waals surface area (Å²) in [5, 5.41) is 6.37. The van der Waals surface area contributed by atoms with E-state index in [4.69, 9.17) is 0 Å². The van der Waals surface area contributed by atoms with Gasteiger partial charge in [0.1, 0.15) is 0 Å². The molecule has 0 bridgehead atoms. The molecule has 1 aromatic rings. The molecule has 3 heteroatoms. The van der Waals surface area contributed by atoms with E-state index in [-0.39, 0.29) is 23.3 Å². The van der Waals surface area contributed by atoms with Gasteiger partial charge in [-0.2, -0.15) is 0 Å². The monoisotopic (exact) mass is 260 g/mol. The molecular formula is C16H24N2O. The molecule has 0 aromatic heterocycles. The van der Waals surface area contributed by atoms with Crippen molar-refractivity contribution in [3.05, 3.63) is 35.9 Å². The quantitative estimate of drug-likeness (QED) is 0.851. The maximum absolute atomic E-state index is 12.1. The van der Waals surface area contributed by atoms with Crippen LogP contribution in [0.25, 0.3) is 0 Å². The number of carbonyl (C=O) groups excluding carboxylic acids is 1. The van der Waals surface area contributed by atoms with Gasteiger partial charge in [0.15, 0.2) is 0 Å². The van der Waals surface area contributed by atoms with Gasteiger partial charge in [0.05, 0.1) is 5.92 Å². The maximum atomic E-state index is 12.1. The van der Waals surface area contributed by atoms with Crippen LogP contribution in [0.3, 0.4) is 0 Å². The third-order valence-corrected chi connectivity index (χ3v) is 4.27. The van der Waals surface area contributed by atoms with E-state index in [9.17, 15) is 4.79 Å². The number of carbonyl (C=O) groups is 1. The maximum Gasteiger partial charge on any atom is 0.225 e. The summed E-state index contributed by atoms with van der Waals surface area (Å²) >= 11 is 0. The molecule has 1 atom stereocenters. The summed E-state index contributed by atoms with van der Waals surface area (Å²) in [4.78, 5) is 12.1. The van der Waals surface area contributed by atoms with Gasteiger partial charge in [-0.05, 0) is 12.0 Å². The number of hydrogen-bond acceptors (Lipinski definition) is 2. The Bertz CT molecular complexity index is 424. The molecule has 1 aliphatic heterocycles. The van der Waals surface area contributed by atoms with Crippen molar-refractivity contribution in [1.82, 2.24) is 10.6 Å². The van der Waals surface area contributed by atoms with Crippen molar-refractivity contribution in [3.63, 3.8) is 0 Å². The van der Waals surface area contributed by atoms with Gasteiger partial charge in [-0.25, -0.2) is 0 Å². The van der Waals surface area contributed by atoms with Crippen LogP contribution >= 0.6 is 0 Å². The van der Waals surface area contributed by atoms with Crippen molar-refractivity contribution < 1.29 is 4.79 Å². The molecule has 19 heavy (non-hydrogen) atoms. The first-order chi connectivity index (χ1) is 9.05. The summed E-state index contributed by atoms with van der Waals surface area (Å²) < 4.78 is 0. The predicted molar refractivity (Wildman–Crippen MR) is 78.0 cm³/mol. The zero-order chi connectivity index (χ0) is 13.9. The fourth-order valence-electron chi connectivity index (χ4n) is 2.63. The second-order valence-corrected chi connectivity index (χ2v) is 5.91. The van der Waals surface area contributed by atoms with E-state index in [1.54, 1.807) is 0 Å². The minimum absolute atomic E-state index is 0.0527. The number of amides is 1. The van der Waals surface area contributed by atoms with Gasteiger partial charge in [0, 0.05) is 24.5 Å². The molecule has 2 rings (SSSR count). The Balaban J connectivity index is 2.09. The Morgan fingerprint density at radius 2 is 2.00 bits per heavy atom. The van der Waals surface area contributed by atoms with Crippen molar-refractivity contribution in [3.8, 4) is 0 Å². The smallest absolute Gasteiger partial charge is 0.225 e. The Kier molecular flexibility index (Phi) is 4.25. The van der Waals surface area contributed by atoms with Gasteiger partial charge < -0.3 is 10.6 Å². The van der Waals surface area contributed by atoms with Crippen LogP contribution in [0.1, 0.15) is 32.8 Å². The Labute approximate surface area is 115 Å². The van der Waals surface area contributed by atoms with E-state index < -0.39 is 0 Å². The van der Waals surface area contributed by atoms with Crippen LogP contribution in [0.4, 0.5) is 0 Å². The Morgan fingerprint density at radius 1 is 1.37 bits per heavy atom. The van der Waals surface area contributed by atoms with Gasteiger partial charge in [-0.1, -0.05) is 51.1 Å². The van der Waals surface area contributed by atoms with Crippen LogP contribution in [0.5, 0.6) is 0 Å². The fourth-order valence-corrected chi connectivity index (χ4v) is 2.63. The topological polar surface area (TPSA) is 41.1 Å². The highest BCUT2D eigenvalue weighted by molar-refractivity contribution is 5.80. The molecule has 1 saturated heterocycles. The molecule has 1 aromatic carbocycles. The first-order valence-corrected chi connectivity index (χ1v) is 7.12. The van der Waals surface area contributed by atoms with Crippen LogP contribution in [0.2, 0.25) is 0 Å². The second-order valence-electron chi connectivity index (χ2n) is 5.91. The van der Waals surface area contributed by atoms with E-state index in [0.29, 0.717) is 0 Å². The van der Waals surface area contributed by atoms with Crippen molar-refractivity contribution in [2.24, 2.45) is 5.92 Å². The number of nitrogens with one attached hydrogen (secondary N) is 2. The van der Waals surface area contributed by atoms with Crippen LogP contribution < -0.4 is 10.6 Å². The largest absolute Gasteiger partial charge is 0.352 e. The lowest BCUT2D eigenvalue weighted by Crippen LogP contribution is -2.55. The lowest BCUT2D eigenvalue weighted by molar-refractivity contribution is -0.127. The van der Waals surface area contributed by atoms with E-state index in [1.807, 2.05) is 6.07 Å². The summed E-state index contributed by atoms with van der Waals surface area (Å²) in [5.74, 6) is 0.343. The second kappa shape index (κ2) is 5.74. The third kappa shape index (κ3) is 2.98. The molecule has 1 unspecified atom stereocenters. The molecule has 0 saturated carbocycles. The zero-order valence-electron chi connectivity index (χ0n) is 12.1. The molecular weight excluding hydrogens is 236 g/mol. The SMILES string of the molecule is CCC(NC(=O)C1CNC1)C(C)(C)c1ccccc1. The highest BCUT2D eigenvalue weighted by Crippen LogP contribution is 2.29. The molecule has 104 valence electrons. The van der Waals surface area contributed by atoms with Crippen LogP contribution in [-0.2, 0) is 10.2 Å². The highest BCUT2D eigenvalue weighted by atomic mass is 16.2. The predicted octanol–water partition coefficient (Wildman–Crippen LogP) is 2.08. The fraction of sp³-hybridized carbons (Fsp3) is 0.562. The van der Waals surface area contributed by atoms with Gasteiger partial charge in [-0.3, -0.25) is 4.79 Å². The standard InChI is InChI=1S/C16H24N2O/c1-4-14(18-15(19)12-10-17-11-12)16(2,3)13-8-6-5-7-9-13/h5-9,12,14,17H,4,10-11H2,1-3H3,(H,18,19). The van der Waals surface area contributed by atoms with E-state index in [0.717, 1.165) is 19.5 Å². The molecule has 1 aliphatic rings.